The number of rotatable bonds is 6. The second-order valence-electron chi connectivity index (χ2n) is 4.92. The summed E-state index contributed by atoms with van der Waals surface area (Å²) in [6.45, 7) is 5.15. The molecule has 0 saturated heterocycles. The molecule has 0 aliphatic heterocycles. The van der Waals surface area contributed by atoms with E-state index in [1.807, 2.05) is 18.2 Å². The Balaban J connectivity index is 2.23. The number of benzene rings is 1. The Morgan fingerprint density at radius 3 is 2.86 bits per heavy atom. The van der Waals surface area contributed by atoms with E-state index < -0.39 is 5.91 Å². The predicted octanol–water partition coefficient (Wildman–Crippen LogP) is 2.69. The molecule has 0 aliphatic carbocycles. The minimum Gasteiger partial charge on any atom is -0.366 e. The van der Waals surface area contributed by atoms with Crippen LogP contribution in [0.5, 0.6) is 0 Å². The molecule has 21 heavy (non-hydrogen) atoms. The highest BCUT2D eigenvalue weighted by Gasteiger charge is 2.11. The standard InChI is InChI=1S/C15H19ClN4O/c1-3-6-18-10(2)13-5-4-12(7-14(13)16)20-9-11(8-19-20)15(17)21/h4-5,7-10,18H,3,6H2,1-2H3,(H2,17,21). The molecule has 2 rings (SSSR count). The molecule has 0 saturated carbocycles. The molecular weight excluding hydrogens is 288 g/mol. The lowest BCUT2D eigenvalue weighted by Gasteiger charge is -2.16. The summed E-state index contributed by atoms with van der Waals surface area (Å²) < 4.78 is 1.58. The number of primary amides is 1. The minimum absolute atomic E-state index is 0.185. The molecule has 0 fully saturated rings. The number of nitrogens with one attached hydrogen (secondary N) is 1. The first-order valence-electron chi connectivity index (χ1n) is 6.90. The number of halogens is 1. The number of aromatic nitrogens is 2. The van der Waals surface area contributed by atoms with Gasteiger partial charge < -0.3 is 11.1 Å². The summed E-state index contributed by atoms with van der Waals surface area (Å²) in [7, 11) is 0. The number of hydrogen-bond donors (Lipinski definition) is 2. The maximum absolute atomic E-state index is 11.1. The van der Waals surface area contributed by atoms with Crippen LogP contribution < -0.4 is 11.1 Å². The van der Waals surface area contributed by atoms with Crippen molar-refractivity contribution in [1.82, 2.24) is 15.1 Å². The van der Waals surface area contributed by atoms with E-state index in [4.69, 9.17) is 17.3 Å². The first-order valence-corrected chi connectivity index (χ1v) is 7.28. The van der Waals surface area contributed by atoms with Gasteiger partial charge in [0.2, 0.25) is 0 Å². The van der Waals surface area contributed by atoms with Gasteiger partial charge in [-0.25, -0.2) is 4.68 Å². The van der Waals surface area contributed by atoms with E-state index in [0.29, 0.717) is 10.6 Å². The molecule has 112 valence electrons. The number of hydrogen-bond acceptors (Lipinski definition) is 3. The van der Waals surface area contributed by atoms with Crippen molar-refractivity contribution in [2.75, 3.05) is 6.54 Å². The Labute approximate surface area is 129 Å². The van der Waals surface area contributed by atoms with Crippen molar-refractivity contribution in [2.45, 2.75) is 26.3 Å². The molecule has 0 radical (unpaired) electrons. The molecule has 2 aromatic rings. The van der Waals surface area contributed by atoms with Crippen molar-refractivity contribution in [3.8, 4) is 5.69 Å². The SMILES string of the molecule is CCCNC(C)c1ccc(-n2cc(C(N)=O)cn2)cc1Cl. The van der Waals surface area contributed by atoms with E-state index in [2.05, 4.69) is 24.3 Å². The van der Waals surface area contributed by atoms with Crippen molar-refractivity contribution in [2.24, 2.45) is 5.73 Å². The number of amides is 1. The first kappa shape index (κ1) is 15.5. The molecule has 5 nitrogen and oxygen atoms in total. The van der Waals surface area contributed by atoms with E-state index in [1.165, 1.54) is 6.20 Å². The maximum atomic E-state index is 11.1. The highest BCUT2D eigenvalue weighted by atomic mass is 35.5. The molecule has 6 heteroatoms. The Bertz CT molecular complexity index is 638. The summed E-state index contributed by atoms with van der Waals surface area (Å²) in [4.78, 5) is 11.1. The van der Waals surface area contributed by atoms with E-state index in [0.717, 1.165) is 24.2 Å². The fraction of sp³-hybridized carbons (Fsp3) is 0.333. The topological polar surface area (TPSA) is 72.9 Å². The van der Waals surface area contributed by atoms with Gasteiger partial charge in [0.25, 0.3) is 5.91 Å². The van der Waals surface area contributed by atoms with Gasteiger partial charge in [-0.15, -0.1) is 0 Å². The zero-order valence-electron chi connectivity index (χ0n) is 12.1. The van der Waals surface area contributed by atoms with Crippen LogP contribution in [0, 0.1) is 0 Å². The average molecular weight is 307 g/mol. The molecule has 1 unspecified atom stereocenters. The smallest absolute Gasteiger partial charge is 0.251 e. The van der Waals surface area contributed by atoms with Crippen LogP contribution in [0.1, 0.15) is 42.2 Å². The Morgan fingerprint density at radius 2 is 2.29 bits per heavy atom. The van der Waals surface area contributed by atoms with E-state index in [9.17, 15) is 4.79 Å². The van der Waals surface area contributed by atoms with Crippen LogP contribution in [0.15, 0.2) is 30.6 Å². The van der Waals surface area contributed by atoms with E-state index in [-0.39, 0.29) is 6.04 Å². The lowest BCUT2D eigenvalue weighted by atomic mass is 10.1. The monoisotopic (exact) mass is 306 g/mol. The molecule has 1 atom stereocenters. The Morgan fingerprint density at radius 1 is 1.52 bits per heavy atom. The number of nitrogens with zero attached hydrogens (tertiary/aromatic N) is 2. The van der Waals surface area contributed by atoms with Gasteiger partial charge in [-0.1, -0.05) is 24.6 Å². The Kier molecular flexibility index (Phi) is 4.98. The van der Waals surface area contributed by atoms with Crippen LogP contribution in [0.3, 0.4) is 0 Å². The van der Waals surface area contributed by atoms with Crippen molar-refractivity contribution in [3.05, 3.63) is 46.7 Å². The fourth-order valence-corrected chi connectivity index (χ4v) is 2.41. The molecule has 1 heterocycles. The molecule has 0 spiro atoms. The predicted molar refractivity (Wildman–Crippen MR) is 83.8 cm³/mol. The average Bonchev–Trinajstić information content (AvgIpc) is 2.94. The summed E-state index contributed by atoms with van der Waals surface area (Å²) in [6.07, 6.45) is 4.10. The summed E-state index contributed by atoms with van der Waals surface area (Å²) >= 11 is 6.35. The molecule has 1 amide bonds. The van der Waals surface area contributed by atoms with Gasteiger partial charge in [0.15, 0.2) is 0 Å². The number of nitrogens with two attached hydrogens (primary N) is 1. The van der Waals surface area contributed by atoms with Crippen LogP contribution in [0.2, 0.25) is 5.02 Å². The lowest BCUT2D eigenvalue weighted by molar-refractivity contribution is 0.100. The van der Waals surface area contributed by atoms with E-state index in [1.54, 1.807) is 10.9 Å². The third-order valence-corrected chi connectivity index (χ3v) is 3.61. The molecule has 0 bridgehead atoms. The molecule has 1 aromatic heterocycles. The normalized spacial score (nSPS) is 12.3. The highest BCUT2D eigenvalue weighted by Crippen LogP contribution is 2.25. The fourth-order valence-electron chi connectivity index (χ4n) is 2.07. The Hall–Kier alpha value is -1.85. The highest BCUT2D eigenvalue weighted by molar-refractivity contribution is 6.31. The summed E-state index contributed by atoms with van der Waals surface area (Å²) in [5, 5.41) is 8.18. The second kappa shape index (κ2) is 6.74. The van der Waals surface area contributed by atoms with Gasteiger partial charge in [0, 0.05) is 17.3 Å². The van der Waals surface area contributed by atoms with Gasteiger partial charge in [-0.05, 0) is 37.6 Å². The van der Waals surface area contributed by atoms with Gasteiger partial charge in [-0.3, -0.25) is 4.79 Å². The first-order chi connectivity index (χ1) is 10.0. The zero-order valence-corrected chi connectivity index (χ0v) is 12.9. The quantitative estimate of drug-likeness (QED) is 0.862. The van der Waals surface area contributed by atoms with Gasteiger partial charge in [0.05, 0.1) is 17.4 Å². The van der Waals surface area contributed by atoms with Crippen LogP contribution in [-0.2, 0) is 0 Å². The van der Waals surface area contributed by atoms with Crippen LogP contribution >= 0.6 is 11.6 Å². The van der Waals surface area contributed by atoms with E-state index >= 15 is 0 Å². The summed E-state index contributed by atoms with van der Waals surface area (Å²) in [6, 6.07) is 5.91. The zero-order chi connectivity index (χ0) is 15.4. The number of carbonyl (C=O) groups is 1. The van der Waals surface area contributed by atoms with Crippen molar-refractivity contribution < 1.29 is 4.79 Å². The van der Waals surface area contributed by atoms with Crippen LogP contribution in [-0.4, -0.2) is 22.2 Å². The summed E-state index contributed by atoms with van der Waals surface area (Å²) in [5.74, 6) is -0.499. The lowest BCUT2D eigenvalue weighted by Crippen LogP contribution is -2.19. The summed E-state index contributed by atoms with van der Waals surface area (Å²) in [5.41, 5.74) is 7.42. The largest absolute Gasteiger partial charge is 0.366 e. The van der Waals surface area contributed by atoms with Gasteiger partial charge >= 0.3 is 0 Å². The third-order valence-electron chi connectivity index (χ3n) is 3.28. The number of carbonyl (C=O) groups excluding carboxylic acids is 1. The molecule has 1 aromatic carbocycles. The van der Waals surface area contributed by atoms with Gasteiger partial charge in [-0.2, -0.15) is 5.10 Å². The van der Waals surface area contributed by atoms with Gasteiger partial charge in [0.1, 0.15) is 0 Å². The van der Waals surface area contributed by atoms with Crippen molar-refractivity contribution >= 4 is 17.5 Å². The van der Waals surface area contributed by atoms with Crippen LogP contribution in [0.25, 0.3) is 5.69 Å². The van der Waals surface area contributed by atoms with Crippen molar-refractivity contribution in [1.29, 1.82) is 0 Å². The second-order valence-corrected chi connectivity index (χ2v) is 5.33. The molecular formula is C15H19ClN4O. The third kappa shape index (κ3) is 3.62. The minimum atomic E-state index is -0.499. The molecule has 3 N–H and O–H groups in total. The van der Waals surface area contributed by atoms with Crippen molar-refractivity contribution in [3.63, 3.8) is 0 Å². The molecule has 0 aliphatic rings. The maximum Gasteiger partial charge on any atom is 0.251 e. The van der Waals surface area contributed by atoms with Crippen LogP contribution in [0.4, 0.5) is 0 Å².